The van der Waals surface area contributed by atoms with Crippen molar-refractivity contribution in [3.05, 3.63) is 30.2 Å². The average Bonchev–Trinajstić information content (AvgIpc) is 3.16. The van der Waals surface area contributed by atoms with E-state index in [2.05, 4.69) is 15.5 Å². The second-order valence-electron chi connectivity index (χ2n) is 5.16. The largest absolute Gasteiger partial charge is 0.463 e. The van der Waals surface area contributed by atoms with Crippen molar-refractivity contribution < 1.29 is 14.3 Å². The highest BCUT2D eigenvalue weighted by Crippen LogP contribution is 2.26. The molecule has 21 heavy (non-hydrogen) atoms. The van der Waals surface area contributed by atoms with Gasteiger partial charge in [-0.05, 0) is 36.5 Å². The SMILES string of the molecule is O=C(NCC1(O)CCSCC1)c1cc(-c2ccco2)[nH]n1. The van der Waals surface area contributed by atoms with Crippen molar-refractivity contribution in [3.63, 3.8) is 0 Å². The third-order valence-corrected chi connectivity index (χ3v) is 4.58. The Morgan fingerprint density at radius 1 is 1.52 bits per heavy atom. The third kappa shape index (κ3) is 3.30. The van der Waals surface area contributed by atoms with E-state index in [1.54, 1.807) is 24.5 Å². The highest BCUT2D eigenvalue weighted by molar-refractivity contribution is 7.99. The molecule has 2 aromatic rings. The summed E-state index contributed by atoms with van der Waals surface area (Å²) in [6, 6.07) is 5.19. The summed E-state index contributed by atoms with van der Waals surface area (Å²) in [5.74, 6) is 2.19. The van der Waals surface area contributed by atoms with E-state index in [-0.39, 0.29) is 18.1 Å². The predicted molar refractivity (Wildman–Crippen MR) is 80.1 cm³/mol. The molecule has 0 spiro atoms. The number of hydrogen-bond acceptors (Lipinski definition) is 5. The number of H-pyrrole nitrogens is 1. The monoisotopic (exact) mass is 307 g/mol. The molecule has 1 aliphatic heterocycles. The van der Waals surface area contributed by atoms with Crippen molar-refractivity contribution in [2.45, 2.75) is 18.4 Å². The Kier molecular flexibility index (Phi) is 4.03. The number of thioether (sulfide) groups is 1. The van der Waals surface area contributed by atoms with Gasteiger partial charge in [0.1, 0.15) is 5.69 Å². The first-order valence-electron chi connectivity index (χ1n) is 6.84. The number of rotatable bonds is 4. The number of aromatic nitrogens is 2. The zero-order valence-electron chi connectivity index (χ0n) is 11.5. The number of nitrogens with zero attached hydrogens (tertiary/aromatic N) is 1. The summed E-state index contributed by atoms with van der Waals surface area (Å²) in [5.41, 5.74) is 0.147. The van der Waals surface area contributed by atoms with Crippen LogP contribution in [0.15, 0.2) is 28.9 Å². The molecule has 3 rings (SSSR count). The van der Waals surface area contributed by atoms with Gasteiger partial charge in [-0.2, -0.15) is 16.9 Å². The van der Waals surface area contributed by atoms with Crippen molar-refractivity contribution >= 4 is 17.7 Å². The van der Waals surface area contributed by atoms with Crippen LogP contribution in [0.1, 0.15) is 23.3 Å². The van der Waals surface area contributed by atoms with Crippen LogP contribution in [0, 0.1) is 0 Å². The van der Waals surface area contributed by atoms with Crippen molar-refractivity contribution in [2.24, 2.45) is 0 Å². The van der Waals surface area contributed by atoms with Crippen LogP contribution in [0.3, 0.4) is 0 Å². The minimum Gasteiger partial charge on any atom is -0.463 e. The van der Waals surface area contributed by atoms with Crippen LogP contribution in [-0.4, -0.2) is 44.9 Å². The lowest BCUT2D eigenvalue weighted by atomic mass is 9.97. The van der Waals surface area contributed by atoms with Gasteiger partial charge in [-0.25, -0.2) is 0 Å². The van der Waals surface area contributed by atoms with Crippen LogP contribution in [0.4, 0.5) is 0 Å². The van der Waals surface area contributed by atoms with Gasteiger partial charge >= 0.3 is 0 Å². The van der Waals surface area contributed by atoms with E-state index in [0.29, 0.717) is 24.3 Å². The Morgan fingerprint density at radius 2 is 2.33 bits per heavy atom. The first-order chi connectivity index (χ1) is 10.2. The van der Waals surface area contributed by atoms with Gasteiger partial charge in [-0.3, -0.25) is 9.89 Å². The molecule has 1 amide bonds. The Bertz CT molecular complexity index is 603. The van der Waals surface area contributed by atoms with E-state index in [1.165, 1.54) is 0 Å². The first-order valence-corrected chi connectivity index (χ1v) is 7.99. The van der Waals surface area contributed by atoms with Crippen molar-refractivity contribution in [3.8, 4) is 11.5 Å². The molecule has 1 saturated heterocycles. The van der Waals surface area contributed by atoms with Crippen LogP contribution in [-0.2, 0) is 0 Å². The molecule has 3 N–H and O–H groups in total. The van der Waals surface area contributed by atoms with Crippen LogP contribution in [0.5, 0.6) is 0 Å². The van der Waals surface area contributed by atoms with Gasteiger partial charge in [0.2, 0.25) is 0 Å². The van der Waals surface area contributed by atoms with Gasteiger partial charge in [-0.1, -0.05) is 0 Å². The summed E-state index contributed by atoms with van der Waals surface area (Å²) in [6.07, 6.45) is 2.97. The molecular weight excluding hydrogens is 290 g/mol. The minimum atomic E-state index is -0.791. The highest BCUT2D eigenvalue weighted by Gasteiger charge is 2.30. The van der Waals surface area contributed by atoms with Crippen molar-refractivity contribution in [2.75, 3.05) is 18.1 Å². The lowest BCUT2D eigenvalue weighted by Crippen LogP contribution is -2.45. The molecule has 2 aromatic heterocycles. The Morgan fingerprint density at radius 3 is 3.05 bits per heavy atom. The van der Waals surface area contributed by atoms with Crippen molar-refractivity contribution in [1.29, 1.82) is 0 Å². The van der Waals surface area contributed by atoms with E-state index in [4.69, 9.17) is 4.42 Å². The fraction of sp³-hybridized carbons (Fsp3) is 0.429. The average molecular weight is 307 g/mol. The molecular formula is C14H17N3O3S. The smallest absolute Gasteiger partial charge is 0.271 e. The molecule has 0 aliphatic carbocycles. The normalized spacial score (nSPS) is 17.6. The molecule has 0 atom stereocenters. The van der Waals surface area contributed by atoms with Gasteiger partial charge in [0, 0.05) is 12.6 Å². The fourth-order valence-corrected chi connectivity index (χ4v) is 3.51. The van der Waals surface area contributed by atoms with Gasteiger partial charge in [0.25, 0.3) is 5.91 Å². The van der Waals surface area contributed by atoms with E-state index < -0.39 is 5.60 Å². The quantitative estimate of drug-likeness (QED) is 0.799. The Labute approximate surface area is 126 Å². The number of hydrogen-bond donors (Lipinski definition) is 3. The van der Waals surface area contributed by atoms with Crippen LogP contribution in [0.2, 0.25) is 0 Å². The summed E-state index contributed by atoms with van der Waals surface area (Å²) in [7, 11) is 0. The van der Waals surface area contributed by atoms with E-state index in [9.17, 15) is 9.90 Å². The van der Waals surface area contributed by atoms with Crippen LogP contribution < -0.4 is 5.32 Å². The first kappa shape index (κ1) is 14.2. The maximum Gasteiger partial charge on any atom is 0.271 e. The Hall–Kier alpha value is -1.73. The number of aliphatic hydroxyl groups is 1. The van der Waals surface area contributed by atoms with Gasteiger partial charge in [-0.15, -0.1) is 0 Å². The molecule has 1 aliphatic rings. The number of carbonyl (C=O) groups excluding carboxylic acids is 1. The maximum absolute atomic E-state index is 12.1. The lowest BCUT2D eigenvalue weighted by molar-refractivity contribution is 0.0310. The van der Waals surface area contributed by atoms with Gasteiger partial charge in [0.05, 0.1) is 11.9 Å². The molecule has 0 bridgehead atoms. The molecule has 0 saturated carbocycles. The summed E-state index contributed by atoms with van der Waals surface area (Å²) >= 11 is 1.83. The molecule has 0 radical (unpaired) electrons. The number of aromatic amines is 1. The van der Waals surface area contributed by atoms with Gasteiger partial charge in [0.15, 0.2) is 11.5 Å². The second-order valence-corrected chi connectivity index (χ2v) is 6.39. The van der Waals surface area contributed by atoms with Crippen molar-refractivity contribution in [1.82, 2.24) is 15.5 Å². The molecule has 7 heteroatoms. The summed E-state index contributed by atoms with van der Waals surface area (Å²) in [4.78, 5) is 12.1. The Balaban J connectivity index is 1.61. The number of nitrogens with one attached hydrogen (secondary N) is 2. The molecule has 1 fully saturated rings. The second kappa shape index (κ2) is 5.95. The predicted octanol–water partition coefficient (Wildman–Crippen LogP) is 1.66. The minimum absolute atomic E-state index is 0.259. The van der Waals surface area contributed by atoms with Crippen LogP contribution >= 0.6 is 11.8 Å². The molecule has 0 unspecified atom stereocenters. The third-order valence-electron chi connectivity index (χ3n) is 3.60. The summed E-state index contributed by atoms with van der Waals surface area (Å²) in [5, 5.41) is 19.8. The number of furan rings is 1. The number of carbonyl (C=O) groups is 1. The number of amides is 1. The molecule has 6 nitrogen and oxygen atoms in total. The van der Waals surface area contributed by atoms with Crippen LogP contribution in [0.25, 0.3) is 11.5 Å². The molecule has 112 valence electrons. The lowest BCUT2D eigenvalue weighted by Gasteiger charge is -2.31. The highest BCUT2D eigenvalue weighted by atomic mass is 32.2. The topological polar surface area (TPSA) is 91.1 Å². The molecule has 3 heterocycles. The fourth-order valence-electron chi connectivity index (χ4n) is 2.26. The standard InChI is InChI=1S/C14H17N3O3S/c18-13(15-9-14(19)3-6-21-7-4-14)11-8-10(16-17-11)12-2-1-5-20-12/h1-2,5,8,19H,3-4,6-7,9H2,(H,15,18)(H,16,17). The van der Waals surface area contributed by atoms with E-state index in [1.807, 2.05) is 11.8 Å². The van der Waals surface area contributed by atoms with E-state index >= 15 is 0 Å². The summed E-state index contributed by atoms with van der Waals surface area (Å²) < 4.78 is 5.24. The maximum atomic E-state index is 12.1. The zero-order chi connectivity index (χ0) is 14.7. The zero-order valence-corrected chi connectivity index (χ0v) is 12.3. The van der Waals surface area contributed by atoms with Gasteiger partial charge < -0.3 is 14.8 Å². The molecule has 0 aromatic carbocycles. The summed E-state index contributed by atoms with van der Waals surface area (Å²) in [6.45, 7) is 0.259. The van der Waals surface area contributed by atoms with E-state index in [0.717, 1.165) is 11.5 Å².